The van der Waals surface area contributed by atoms with Gasteiger partial charge in [-0.15, -0.1) is 0 Å². The van der Waals surface area contributed by atoms with Crippen molar-refractivity contribution in [1.29, 1.82) is 0 Å². The first-order valence-electron chi connectivity index (χ1n) is 5.54. The van der Waals surface area contributed by atoms with Crippen LogP contribution in [-0.4, -0.2) is 43.1 Å². The molecule has 0 saturated carbocycles. The van der Waals surface area contributed by atoms with E-state index in [1.807, 2.05) is 19.0 Å². The average molecular weight is 265 g/mol. The molecule has 0 atom stereocenters. The molecule has 0 bridgehead atoms. The first kappa shape index (κ1) is 12.8. The van der Waals surface area contributed by atoms with Crippen LogP contribution in [0.25, 0.3) is 10.2 Å². The normalized spacial score (nSPS) is 11.1. The maximum absolute atomic E-state index is 11.8. The van der Waals surface area contributed by atoms with Gasteiger partial charge in [0.15, 0.2) is 5.13 Å². The molecule has 0 aliphatic rings. The van der Waals surface area contributed by atoms with Crippen molar-refractivity contribution in [2.45, 2.75) is 0 Å². The molecule has 1 aromatic carbocycles. The molecule has 6 heteroatoms. The van der Waals surface area contributed by atoms with Gasteiger partial charge in [-0.1, -0.05) is 11.3 Å². The van der Waals surface area contributed by atoms with E-state index in [-0.39, 0.29) is 5.97 Å². The number of likely N-dealkylation sites (N-methyl/N-ethyl adjacent to an activating group) is 1. The van der Waals surface area contributed by atoms with Crippen molar-refractivity contribution in [3.8, 4) is 0 Å². The van der Waals surface area contributed by atoms with E-state index in [0.29, 0.717) is 23.8 Å². The van der Waals surface area contributed by atoms with E-state index < -0.39 is 0 Å². The Kier molecular flexibility index (Phi) is 3.78. The number of anilines is 1. The largest absolute Gasteiger partial charge is 0.461 e. The Morgan fingerprint density at radius 1 is 1.50 bits per heavy atom. The molecule has 1 aromatic heterocycles. The number of nitrogens with zero attached hydrogens (tertiary/aromatic N) is 2. The highest BCUT2D eigenvalue weighted by atomic mass is 32.1. The van der Waals surface area contributed by atoms with E-state index in [1.165, 1.54) is 11.3 Å². The quantitative estimate of drug-likeness (QED) is 0.850. The summed E-state index contributed by atoms with van der Waals surface area (Å²) in [7, 11) is 3.86. The number of benzene rings is 1. The van der Waals surface area contributed by atoms with Crippen LogP contribution in [0.1, 0.15) is 10.4 Å². The molecule has 0 aliphatic heterocycles. The first-order chi connectivity index (χ1) is 8.56. The zero-order valence-corrected chi connectivity index (χ0v) is 11.2. The molecule has 96 valence electrons. The molecule has 0 aliphatic carbocycles. The number of thiazole rings is 1. The highest BCUT2D eigenvalue weighted by molar-refractivity contribution is 7.22. The van der Waals surface area contributed by atoms with Crippen molar-refractivity contribution in [3.05, 3.63) is 23.8 Å². The van der Waals surface area contributed by atoms with Crippen molar-refractivity contribution in [2.75, 3.05) is 33.0 Å². The summed E-state index contributed by atoms with van der Waals surface area (Å²) in [6.45, 7) is 1.09. The third kappa shape index (κ3) is 2.96. The number of rotatable bonds is 4. The van der Waals surface area contributed by atoms with Gasteiger partial charge in [-0.2, -0.15) is 0 Å². The molecule has 0 radical (unpaired) electrons. The van der Waals surface area contributed by atoms with Crippen LogP contribution >= 0.6 is 11.3 Å². The lowest BCUT2D eigenvalue weighted by atomic mass is 10.2. The monoisotopic (exact) mass is 265 g/mol. The first-order valence-corrected chi connectivity index (χ1v) is 6.36. The third-order valence-electron chi connectivity index (χ3n) is 2.41. The summed E-state index contributed by atoms with van der Waals surface area (Å²) < 4.78 is 6.06. The molecular weight excluding hydrogens is 250 g/mol. The van der Waals surface area contributed by atoms with Gasteiger partial charge in [-0.25, -0.2) is 9.78 Å². The number of nitrogen functional groups attached to an aromatic ring is 1. The van der Waals surface area contributed by atoms with Gasteiger partial charge < -0.3 is 15.4 Å². The van der Waals surface area contributed by atoms with Crippen molar-refractivity contribution < 1.29 is 9.53 Å². The summed E-state index contributed by atoms with van der Waals surface area (Å²) in [6.07, 6.45) is 0. The number of nitrogens with two attached hydrogens (primary N) is 1. The molecule has 1 heterocycles. The van der Waals surface area contributed by atoms with Crippen molar-refractivity contribution in [1.82, 2.24) is 9.88 Å². The van der Waals surface area contributed by atoms with Crippen LogP contribution in [-0.2, 0) is 4.74 Å². The van der Waals surface area contributed by atoms with Crippen LogP contribution in [0, 0.1) is 0 Å². The number of fused-ring (bicyclic) bond motifs is 1. The topological polar surface area (TPSA) is 68.5 Å². The second kappa shape index (κ2) is 5.32. The Labute approximate surface area is 109 Å². The van der Waals surface area contributed by atoms with E-state index in [2.05, 4.69) is 4.98 Å². The second-order valence-electron chi connectivity index (χ2n) is 4.17. The van der Waals surface area contributed by atoms with Crippen molar-refractivity contribution in [3.63, 3.8) is 0 Å². The smallest absolute Gasteiger partial charge is 0.338 e. The van der Waals surface area contributed by atoms with Gasteiger partial charge in [0.2, 0.25) is 0 Å². The lowest BCUT2D eigenvalue weighted by Crippen LogP contribution is -2.20. The van der Waals surface area contributed by atoms with E-state index in [9.17, 15) is 4.79 Å². The van der Waals surface area contributed by atoms with E-state index >= 15 is 0 Å². The van der Waals surface area contributed by atoms with Crippen LogP contribution in [0.3, 0.4) is 0 Å². The van der Waals surface area contributed by atoms with Crippen LogP contribution in [0.2, 0.25) is 0 Å². The molecule has 0 fully saturated rings. The minimum atomic E-state index is -0.314. The predicted octanol–water partition coefficient (Wildman–Crippen LogP) is 1.60. The Balaban J connectivity index is 2.08. The Morgan fingerprint density at radius 2 is 2.28 bits per heavy atom. The number of hydrogen-bond donors (Lipinski definition) is 1. The molecule has 5 nitrogen and oxygen atoms in total. The Hall–Kier alpha value is -1.66. The van der Waals surface area contributed by atoms with Crippen LogP contribution < -0.4 is 5.73 Å². The van der Waals surface area contributed by atoms with Gasteiger partial charge in [-0.3, -0.25) is 0 Å². The average Bonchev–Trinajstić information content (AvgIpc) is 2.67. The zero-order valence-electron chi connectivity index (χ0n) is 10.3. The van der Waals surface area contributed by atoms with Crippen molar-refractivity contribution >= 4 is 32.7 Å². The van der Waals surface area contributed by atoms with Gasteiger partial charge in [-0.05, 0) is 32.3 Å². The van der Waals surface area contributed by atoms with E-state index in [0.717, 1.165) is 10.2 Å². The minimum absolute atomic E-state index is 0.314. The SMILES string of the molecule is CN(C)CCOC(=O)c1ccc2nc(N)sc2c1. The highest BCUT2D eigenvalue weighted by Gasteiger charge is 2.09. The Morgan fingerprint density at radius 3 is 3.00 bits per heavy atom. The fourth-order valence-corrected chi connectivity index (χ4v) is 2.25. The zero-order chi connectivity index (χ0) is 13.1. The lowest BCUT2D eigenvalue weighted by molar-refractivity contribution is 0.0482. The van der Waals surface area contributed by atoms with Crippen LogP contribution in [0.5, 0.6) is 0 Å². The molecule has 2 N–H and O–H groups in total. The minimum Gasteiger partial charge on any atom is -0.461 e. The molecule has 0 saturated heterocycles. The number of ether oxygens (including phenoxy) is 1. The van der Waals surface area contributed by atoms with E-state index in [1.54, 1.807) is 18.2 Å². The Bertz CT molecular complexity index is 565. The fraction of sp³-hybridized carbons (Fsp3) is 0.333. The fourth-order valence-electron chi connectivity index (χ4n) is 1.47. The van der Waals surface area contributed by atoms with Gasteiger partial charge in [0, 0.05) is 6.54 Å². The molecule has 0 unspecified atom stereocenters. The highest BCUT2D eigenvalue weighted by Crippen LogP contribution is 2.24. The molecule has 2 aromatic rings. The maximum Gasteiger partial charge on any atom is 0.338 e. The summed E-state index contributed by atoms with van der Waals surface area (Å²) >= 11 is 1.36. The number of hydrogen-bond acceptors (Lipinski definition) is 6. The lowest BCUT2D eigenvalue weighted by Gasteiger charge is -2.09. The molecule has 18 heavy (non-hydrogen) atoms. The van der Waals surface area contributed by atoms with E-state index in [4.69, 9.17) is 10.5 Å². The molecule has 0 amide bonds. The third-order valence-corrected chi connectivity index (χ3v) is 3.26. The van der Waals surface area contributed by atoms with Gasteiger partial charge >= 0.3 is 5.97 Å². The van der Waals surface area contributed by atoms with Gasteiger partial charge in [0.1, 0.15) is 6.61 Å². The number of esters is 1. The van der Waals surface area contributed by atoms with Crippen molar-refractivity contribution in [2.24, 2.45) is 0 Å². The summed E-state index contributed by atoms with van der Waals surface area (Å²) in [5, 5.41) is 0.503. The van der Waals surface area contributed by atoms with Gasteiger partial charge in [0.25, 0.3) is 0 Å². The molecule has 0 spiro atoms. The van der Waals surface area contributed by atoms with Gasteiger partial charge in [0.05, 0.1) is 15.8 Å². The van der Waals surface area contributed by atoms with Crippen LogP contribution in [0.15, 0.2) is 18.2 Å². The standard InChI is InChI=1S/C12H15N3O2S/c1-15(2)5-6-17-11(16)8-3-4-9-10(7-8)18-12(13)14-9/h3-4,7H,5-6H2,1-2H3,(H2,13,14). The maximum atomic E-state index is 11.8. The molecule has 2 rings (SSSR count). The number of carbonyl (C=O) groups excluding carboxylic acids is 1. The summed E-state index contributed by atoms with van der Waals surface area (Å²) in [5.41, 5.74) is 6.96. The number of carbonyl (C=O) groups is 1. The molecular formula is C12H15N3O2S. The summed E-state index contributed by atoms with van der Waals surface area (Å²) in [6, 6.07) is 5.26. The second-order valence-corrected chi connectivity index (χ2v) is 5.24. The predicted molar refractivity (Wildman–Crippen MR) is 72.9 cm³/mol. The summed E-state index contributed by atoms with van der Waals surface area (Å²) in [5.74, 6) is -0.314. The van der Waals surface area contributed by atoms with Crippen LogP contribution in [0.4, 0.5) is 5.13 Å². The summed E-state index contributed by atoms with van der Waals surface area (Å²) in [4.78, 5) is 17.9. The number of aromatic nitrogens is 1.